The molecule has 0 saturated carbocycles. The Labute approximate surface area is 123 Å². The van der Waals surface area contributed by atoms with Crippen molar-refractivity contribution in [2.24, 2.45) is 0 Å². The Balaban J connectivity index is 1.99. The van der Waals surface area contributed by atoms with Crippen LogP contribution in [0.25, 0.3) is 27.5 Å². The summed E-state index contributed by atoms with van der Waals surface area (Å²) < 4.78 is 6.07. The minimum absolute atomic E-state index is 0.910. The molecule has 0 saturated heterocycles. The lowest BCUT2D eigenvalue weighted by molar-refractivity contribution is 0.668. The number of para-hydroxylation sites is 2. The first-order chi connectivity index (χ1) is 10.3. The van der Waals surface area contributed by atoms with E-state index in [0.29, 0.717) is 0 Å². The summed E-state index contributed by atoms with van der Waals surface area (Å²) in [5, 5.41) is 2.29. The second-order valence-corrected chi connectivity index (χ2v) is 5.13. The molecular weight excluding hydrogens is 256 g/mol. The van der Waals surface area contributed by atoms with Crippen LogP contribution in [-0.2, 0) is 0 Å². The van der Waals surface area contributed by atoms with E-state index in [1.54, 1.807) is 0 Å². The van der Waals surface area contributed by atoms with Crippen LogP contribution in [0.2, 0.25) is 0 Å². The lowest BCUT2D eigenvalue weighted by Gasteiger charge is -2.06. The monoisotopic (exact) mass is 270 g/mol. The van der Waals surface area contributed by atoms with Crippen molar-refractivity contribution in [2.45, 2.75) is 0 Å². The van der Waals surface area contributed by atoms with Gasteiger partial charge in [0, 0.05) is 16.3 Å². The SMILES string of the molecule is C=C(c1ccccc1)c1cccc2c1oc1ccccc12. The van der Waals surface area contributed by atoms with Crippen molar-refractivity contribution >= 4 is 27.5 Å². The molecule has 3 aromatic carbocycles. The predicted octanol–water partition coefficient (Wildman–Crippen LogP) is 5.65. The van der Waals surface area contributed by atoms with Crippen LogP contribution in [0.15, 0.2) is 83.8 Å². The van der Waals surface area contributed by atoms with Crippen molar-refractivity contribution < 1.29 is 4.42 Å². The molecule has 1 heteroatoms. The zero-order valence-electron chi connectivity index (χ0n) is 11.5. The molecule has 0 bridgehead atoms. The molecule has 0 radical (unpaired) electrons. The van der Waals surface area contributed by atoms with Gasteiger partial charge in [0.15, 0.2) is 0 Å². The number of hydrogen-bond donors (Lipinski definition) is 0. The molecule has 0 amide bonds. The van der Waals surface area contributed by atoms with Gasteiger partial charge in [-0.1, -0.05) is 73.3 Å². The summed E-state index contributed by atoms with van der Waals surface area (Å²) >= 11 is 0. The fourth-order valence-corrected chi connectivity index (χ4v) is 2.78. The van der Waals surface area contributed by atoms with E-state index >= 15 is 0 Å². The largest absolute Gasteiger partial charge is 0.455 e. The van der Waals surface area contributed by atoms with E-state index in [4.69, 9.17) is 4.42 Å². The quantitative estimate of drug-likeness (QED) is 0.459. The van der Waals surface area contributed by atoms with Crippen LogP contribution in [0.5, 0.6) is 0 Å². The maximum atomic E-state index is 6.07. The van der Waals surface area contributed by atoms with Gasteiger partial charge in [-0.15, -0.1) is 0 Å². The molecule has 1 heterocycles. The second-order valence-electron chi connectivity index (χ2n) is 5.13. The van der Waals surface area contributed by atoms with Gasteiger partial charge in [-0.3, -0.25) is 0 Å². The molecule has 0 N–H and O–H groups in total. The molecule has 0 aliphatic carbocycles. The summed E-state index contributed by atoms with van der Waals surface area (Å²) in [6.07, 6.45) is 0. The second kappa shape index (κ2) is 4.64. The smallest absolute Gasteiger partial charge is 0.143 e. The number of furan rings is 1. The number of hydrogen-bond acceptors (Lipinski definition) is 1. The summed E-state index contributed by atoms with van der Waals surface area (Å²) in [6, 6.07) is 24.6. The van der Waals surface area contributed by atoms with E-state index in [1.807, 2.05) is 36.4 Å². The van der Waals surface area contributed by atoms with Crippen molar-refractivity contribution in [1.29, 1.82) is 0 Å². The normalized spacial score (nSPS) is 11.0. The highest BCUT2D eigenvalue weighted by molar-refractivity contribution is 6.08. The van der Waals surface area contributed by atoms with Crippen molar-refractivity contribution in [3.05, 3.63) is 90.5 Å². The van der Waals surface area contributed by atoms with E-state index in [-0.39, 0.29) is 0 Å². The molecule has 0 atom stereocenters. The molecule has 1 nitrogen and oxygen atoms in total. The summed E-state index contributed by atoms with van der Waals surface area (Å²) in [4.78, 5) is 0. The lowest BCUT2D eigenvalue weighted by Crippen LogP contribution is -1.86. The molecule has 0 aliphatic heterocycles. The van der Waals surface area contributed by atoms with Crippen LogP contribution >= 0.6 is 0 Å². The van der Waals surface area contributed by atoms with E-state index in [0.717, 1.165) is 38.6 Å². The van der Waals surface area contributed by atoms with Gasteiger partial charge in [0.05, 0.1) is 0 Å². The van der Waals surface area contributed by atoms with Crippen LogP contribution in [-0.4, -0.2) is 0 Å². The Morgan fingerprint density at radius 2 is 1.43 bits per heavy atom. The number of benzene rings is 3. The van der Waals surface area contributed by atoms with Gasteiger partial charge in [-0.2, -0.15) is 0 Å². The lowest BCUT2D eigenvalue weighted by atomic mass is 9.98. The maximum Gasteiger partial charge on any atom is 0.143 e. The average Bonchev–Trinajstić information content (AvgIpc) is 2.94. The molecular formula is C20H14O. The van der Waals surface area contributed by atoms with E-state index in [2.05, 4.69) is 43.0 Å². The first-order valence-electron chi connectivity index (χ1n) is 6.99. The minimum atomic E-state index is 0.910. The summed E-state index contributed by atoms with van der Waals surface area (Å²) in [5.41, 5.74) is 4.98. The third-order valence-corrected chi connectivity index (χ3v) is 3.85. The Morgan fingerprint density at radius 1 is 0.714 bits per heavy atom. The van der Waals surface area contributed by atoms with E-state index in [9.17, 15) is 0 Å². The van der Waals surface area contributed by atoms with Crippen molar-refractivity contribution in [1.82, 2.24) is 0 Å². The van der Waals surface area contributed by atoms with E-state index < -0.39 is 0 Å². The molecule has 1 aromatic heterocycles. The molecule has 0 unspecified atom stereocenters. The topological polar surface area (TPSA) is 13.1 Å². The maximum absolute atomic E-state index is 6.07. The van der Waals surface area contributed by atoms with Crippen molar-refractivity contribution in [2.75, 3.05) is 0 Å². The van der Waals surface area contributed by atoms with Gasteiger partial charge in [-0.25, -0.2) is 0 Å². The van der Waals surface area contributed by atoms with Crippen LogP contribution in [0.4, 0.5) is 0 Å². The fourth-order valence-electron chi connectivity index (χ4n) is 2.78. The van der Waals surface area contributed by atoms with Crippen molar-refractivity contribution in [3.8, 4) is 0 Å². The summed E-state index contributed by atoms with van der Waals surface area (Å²) in [6.45, 7) is 4.26. The first kappa shape index (κ1) is 12.0. The molecule has 4 aromatic rings. The zero-order chi connectivity index (χ0) is 14.2. The highest BCUT2D eigenvalue weighted by atomic mass is 16.3. The predicted molar refractivity (Wildman–Crippen MR) is 88.3 cm³/mol. The Hall–Kier alpha value is -2.80. The minimum Gasteiger partial charge on any atom is -0.455 e. The van der Waals surface area contributed by atoms with Gasteiger partial charge >= 0.3 is 0 Å². The molecule has 0 aliphatic rings. The molecule has 100 valence electrons. The van der Waals surface area contributed by atoms with Crippen LogP contribution < -0.4 is 0 Å². The zero-order valence-corrected chi connectivity index (χ0v) is 11.5. The summed E-state index contributed by atoms with van der Waals surface area (Å²) in [7, 11) is 0. The van der Waals surface area contributed by atoms with Gasteiger partial charge in [-0.05, 0) is 17.2 Å². The fraction of sp³-hybridized carbons (Fsp3) is 0. The Kier molecular flexibility index (Phi) is 2.65. The standard InChI is InChI=1S/C20H14O/c1-14(15-8-3-2-4-9-15)16-11-7-12-18-17-10-5-6-13-19(17)21-20(16)18/h2-13H,1H2. The third-order valence-electron chi connectivity index (χ3n) is 3.85. The average molecular weight is 270 g/mol. The third kappa shape index (κ3) is 1.86. The van der Waals surface area contributed by atoms with Gasteiger partial charge in [0.25, 0.3) is 0 Å². The van der Waals surface area contributed by atoms with E-state index in [1.165, 1.54) is 0 Å². The van der Waals surface area contributed by atoms with Crippen molar-refractivity contribution in [3.63, 3.8) is 0 Å². The Bertz CT molecular complexity index is 945. The number of fused-ring (bicyclic) bond motifs is 3. The summed E-state index contributed by atoms with van der Waals surface area (Å²) in [5.74, 6) is 0. The highest BCUT2D eigenvalue weighted by Crippen LogP contribution is 2.34. The Morgan fingerprint density at radius 3 is 2.29 bits per heavy atom. The van der Waals surface area contributed by atoms with Gasteiger partial charge in [0.2, 0.25) is 0 Å². The highest BCUT2D eigenvalue weighted by Gasteiger charge is 2.12. The van der Waals surface area contributed by atoms with Crippen LogP contribution in [0.3, 0.4) is 0 Å². The first-order valence-corrected chi connectivity index (χ1v) is 6.99. The molecule has 0 spiro atoms. The molecule has 4 rings (SSSR count). The van der Waals surface area contributed by atoms with Crippen LogP contribution in [0.1, 0.15) is 11.1 Å². The van der Waals surface area contributed by atoms with Gasteiger partial charge in [0.1, 0.15) is 11.2 Å². The molecule has 0 fully saturated rings. The van der Waals surface area contributed by atoms with Crippen LogP contribution in [0, 0.1) is 0 Å². The van der Waals surface area contributed by atoms with Gasteiger partial charge < -0.3 is 4.42 Å². The number of rotatable bonds is 2. The molecule has 21 heavy (non-hydrogen) atoms.